The Morgan fingerprint density at radius 3 is 2.48 bits per heavy atom. The number of nitrogens with zero attached hydrogens (tertiary/aromatic N) is 3. The summed E-state index contributed by atoms with van der Waals surface area (Å²) < 4.78 is 14.3. The molecular weight excluding hydrogens is 614 g/mol. The molecule has 204 valence electrons. The standard InChI is InChI=1S/C34H21BrClN3O3/c35-28-18-25(36)16-24(32(28)41-20-23-11-7-10-21-8-1-3-12-26(21)23)19-37-39-33(31-17-22-9-2-6-15-30(22)42-31)38-29-14-5-4-13-27(29)34(39)40/h1-19H,20H2. The minimum atomic E-state index is -0.327. The molecule has 2 aromatic heterocycles. The van der Waals surface area contributed by atoms with E-state index in [0.29, 0.717) is 49.7 Å². The monoisotopic (exact) mass is 633 g/mol. The maximum Gasteiger partial charge on any atom is 0.282 e. The Kier molecular flexibility index (Phi) is 6.82. The Morgan fingerprint density at radius 2 is 1.62 bits per heavy atom. The van der Waals surface area contributed by atoms with Crippen molar-refractivity contribution in [2.24, 2.45) is 5.10 Å². The molecule has 8 heteroatoms. The molecule has 5 aromatic carbocycles. The molecule has 6 nitrogen and oxygen atoms in total. The molecule has 0 aliphatic heterocycles. The number of rotatable bonds is 6. The topological polar surface area (TPSA) is 69.6 Å². The fourth-order valence-corrected chi connectivity index (χ4v) is 5.95. The number of benzene rings is 5. The second-order valence-electron chi connectivity index (χ2n) is 9.70. The van der Waals surface area contributed by atoms with Crippen LogP contribution in [0.25, 0.3) is 44.2 Å². The third-order valence-corrected chi connectivity index (χ3v) is 7.81. The van der Waals surface area contributed by atoms with Gasteiger partial charge < -0.3 is 9.15 Å². The fourth-order valence-electron chi connectivity index (χ4n) is 5.00. The van der Waals surface area contributed by atoms with Gasteiger partial charge in [-0.25, -0.2) is 4.98 Å². The molecule has 0 amide bonds. The molecule has 0 bridgehead atoms. The average Bonchev–Trinajstić information content (AvgIpc) is 3.44. The Morgan fingerprint density at radius 1 is 0.881 bits per heavy atom. The number of fused-ring (bicyclic) bond motifs is 3. The van der Waals surface area contributed by atoms with Crippen molar-refractivity contribution in [2.75, 3.05) is 0 Å². The van der Waals surface area contributed by atoms with Gasteiger partial charge in [0.15, 0.2) is 5.76 Å². The summed E-state index contributed by atoms with van der Waals surface area (Å²) in [5.74, 6) is 1.25. The number of halogens is 2. The summed E-state index contributed by atoms with van der Waals surface area (Å²) >= 11 is 10.0. The van der Waals surface area contributed by atoms with E-state index in [4.69, 9.17) is 25.7 Å². The Labute approximate surface area is 253 Å². The summed E-state index contributed by atoms with van der Waals surface area (Å²) in [5.41, 5.74) is 2.54. The van der Waals surface area contributed by atoms with E-state index in [-0.39, 0.29) is 11.4 Å². The Bertz CT molecular complexity index is 2180. The zero-order valence-electron chi connectivity index (χ0n) is 22.0. The van der Waals surface area contributed by atoms with Gasteiger partial charge in [-0.3, -0.25) is 4.79 Å². The molecule has 0 saturated heterocycles. The molecule has 0 N–H and O–H groups in total. The smallest absolute Gasteiger partial charge is 0.282 e. The highest BCUT2D eigenvalue weighted by atomic mass is 79.9. The summed E-state index contributed by atoms with van der Waals surface area (Å²) in [7, 11) is 0. The Hall–Kier alpha value is -4.72. The normalized spacial score (nSPS) is 11.7. The molecule has 0 fully saturated rings. The zero-order valence-corrected chi connectivity index (χ0v) is 24.3. The third kappa shape index (κ3) is 4.87. The first-order valence-corrected chi connectivity index (χ1v) is 14.4. The quantitative estimate of drug-likeness (QED) is 0.171. The van der Waals surface area contributed by atoms with Crippen LogP contribution in [0.5, 0.6) is 5.75 Å². The largest absolute Gasteiger partial charge is 0.487 e. The van der Waals surface area contributed by atoms with Crippen molar-refractivity contribution < 1.29 is 9.15 Å². The van der Waals surface area contributed by atoms with E-state index in [0.717, 1.165) is 21.7 Å². The SMILES string of the molecule is O=c1c2ccccc2nc(-c2cc3ccccc3o2)n1N=Cc1cc(Cl)cc(Br)c1OCc1cccc2ccccc12. The van der Waals surface area contributed by atoms with Gasteiger partial charge in [0.05, 0.1) is 21.6 Å². The van der Waals surface area contributed by atoms with Crippen molar-refractivity contribution in [3.8, 4) is 17.3 Å². The molecule has 0 spiro atoms. The van der Waals surface area contributed by atoms with Gasteiger partial charge in [0.2, 0.25) is 5.82 Å². The van der Waals surface area contributed by atoms with E-state index >= 15 is 0 Å². The van der Waals surface area contributed by atoms with Crippen LogP contribution in [-0.2, 0) is 6.61 Å². The van der Waals surface area contributed by atoms with Crippen LogP contribution in [0.1, 0.15) is 11.1 Å². The van der Waals surface area contributed by atoms with Crippen LogP contribution in [0.3, 0.4) is 0 Å². The molecule has 7 aromatic rings. The summed E-state index contributed by atoms with van der Waals surface area (Å²) in [6, 6.07) is 34.5. The molecule has 2 heterocycles. The van der Waals surface area contributed by atoms with Gasteiger partial charge in [-0.2, -0.15) is 9.78 Å². The zero-order chi connectivity index (χ0) is 28.6. The van der Waals surface area contributed by atoms with Crippen molar-refractivity contribution in [3.05, 3.63) is 140 Å². The summed E-state index contributed by atoms with van der Waals surface area (Å²) in [4.78, 5) is 18.5. The van der Waals surface area contributed by atoms with E-state index in [1.54, 1.807) is 36.5 Å². The maximum atomic E-state index is 13.7. The Balaban J connectivity index is 1.32. The van der Waals surface area contributed by atoms with Crippen molar-refractivity contribution in [3.63, 3.8) is 0 Å². The second kappa shape index (κ2) is 10.9. The van der Waals surface area contributed by atoms with Gasteiger partial charge in [0.25, 0.3) is 5.56 Å². The number of ether oxygens (including phenoxy) is 1. The number of hydrogen-bond donors (Lipinski definition) is 0. The van der Waals surface area contributed by atoms with Crippen molar-refractivity contribution in [2.45, 2.75) is 6.61 Å². The lowest BCUT2D eigenvalue weighted by molar-refractivity contribution is 0.305. The van der Waals surface area contributed by atoms with Gasteiger partial charge >= 0.3 is 0 Å². The van der Waals surface area contributed by atoms with E-state index in [2.05, 4.69) is 39.2 Å². The number of hydrogen-bond acceptors (Lipinski definition) is 5. The lowest BCUT2D eigenvalue weighted by Crippen LogP contribution is -2.20. The minimum absolute atomic E-state index is 0.283. The van der Waals surface area contributed by atoms with E-state index in [1.165, 1.54) is 4.68 Å². The summed E-state index contributed by atoms with van der Waals surface area (Å²) in [6.45, 7) is 0.324. The second-order valence-corrected chi connectivity index (χ2v) is 11.0. The lowest BCUT2D eigenvalue weighted by atomic mass is 10.1. The highest BCUT2D eigenvalue weighted by molar-refractivity contribution is 9.10. The number of aromatic nitrogens is 2. The molecule has 0 unspecified atom stereocenters. The first-order chi connectivity index (χ1) is 20.5. The molecule has 42 heavy (non-hydrogen) atoms. The predicted octanol–water partition coefficient (Wildman–Crippen LogP) is 8.84. The lowest BCUT2D eigenvalue weighted by Gasteiger charge is -2.14. The summed E-state index contributed by atoms with van der Waals surface area (Å²) in [6.07, 6.45) is 1.55. The molecule has 0 aliphatic rings. The van der Waals surface area contributed by atoms with Crippen molar-refractivity contribution in [1.82, 2.24) is 9.66 Å². The van der Waals surface area contributed by atoms with Gasteiger partial charge in [-0.05, 0) is 68.7 Å². The van der Waals surface area contributed by atoms with E-state index < -0.39 is 0 Å². The average molecular weight is 635 g/mol. The van der Waals surface area contributed by atoms with Crippen LogP contribution in [0, 0.1) is 0 Å². The molecule has 0 aliphatic carbocycles. The first kappa shape index (κ1) is 26.2. The molecule has 7 rings (SSSR count). The maximum absolute atomic E-state index is 13.7. The van der Waals surface area contributed by atoms with Crippen molar-refractivity contribution >= 4 is 66.4 Å². The molecule has 0 radical (unpaired) electrons. The predicted molar refractivity (Wildman–Crippen MR) is 172 cm³/mol. The molecular formula is C34H21BrClN3O3. The van der Waals surface area contributed by atoms with Crippen LogP contribution in [0.4, 0.5) is 0 Å². The fraction of sp³-hybridized carbons (Fsp3) is 0.0294. The minimum Gasteiger partial charge on any atom is -0.487 e. The van der Waals surface area contributed by atoms with Crippen LogP contribution < -0.4 is 10.3 Å². The first-order valence-electron chi connectivity index (χ1n) is 13.2. The molecule has 0 saturated carbocycles. The van der Waals surface area contributed by atoms with E-state index in [1.807, 2.05) is 60.7 Å². The van der Waals surface area contributed by atoms with Gasteiger partial charge in [-0.1, -0.05) is 84.4 Å². The van der Waals surface area contributed by atoms with E-state index in [9.17, 15) is 4.79 Å². The van der Waals surface area contributed by atoms with Gasteiger partial charge in [-0.15, -0.1) is 0 Å². The van der Waals surface area contributed by atoms with Crippen LogP contribution in [0.15, 0.2) is 128 Å². The number of para-hydroxylation sites is 2. The van der Waals surface area contributed by atoms with Crippen LogP contribution in [0.2, 0.25) is 5.02 Å². The van der Waals surface area contributed by atoms with Gasteiger partial charge in [0, 0.05) is 16.0 Å². The third-order valence-electron chi connectivity index (χ3n) is 7.00. The van der Waals surface area contributed by atoms with Crippen LogP contribution in [-0.4, -0.2) is 15.9 Å². The van der Waals surface area contributed by atoms with Crippen LogP contribution >= 0.6 is 27.5 Å². The number of furan rings is 1. The molecule has 0 atom stereocenters. The van der Waals surface area contributed by atoms with Gasteiger partial charge in [0.1, 0.15) is 17.9 Å². The highest BCUT2D eigenvalue weighted by Crippen LogP contribution is 2.33. The van der Waals surface area contributed by atoms with Crippen molar-refractivity contribution in [1.29, 1.82) is 0 Å². The highest BCUT2D eigenvalue weighted by Gasteiger charge is 2.17. The summed E-state index contributed by atoms with van der Waals surface area (Å²) in [5, 5.41) is 8.69.